The second kappa shape index (κ2) is 8.89. The van der Waals surface area contributed by atoms with Crippen LogP contribution in [0.25, 0.3) is 10.2 Å². The Bertz CT molecular complexity index is 1080. The maximum absolute atomic E-state index is 14.0. The van der Waals surface area contributed by atoms with E-state index in [4.69, 9.17) is 0 Å². The number of amides is 1. The number of rotatable bonds is 5. The molecule has 0 N–H and O–H groups in total. The Morgan fingerprint density at radius 1 is 1.17 bits per heavy atom. The molecule has 1 amide bonds. The van der Waals surface area contributed by atoms with Gasteiger partial charge in [0, 0.05) is 36.4 Å². The highest BCUT2D eigenvalue weighted by molar-refractivity contribution is 8.00. The fraction of sp³-hybridized carbons (Fsp3) is 0.409. The Hall–Kier alpha value is -2.19. The fourth-order valence-electron chi connectivity index (χ4n) is 3.89. The van der Waals surface area contributed by atoms with E-state index >= 15 is 0 Å². The van der Waals surface area contributed by atoms with Gasteiger partial charge in [0.05, 0.1) is 11.4 Å². The summed E-state index contributed by atoms with van der Waals surface area (Å²) in [5.74, 6) is 0.972. The van der Waals surface area contributed by atoms with Gasteiger partial charge in [-0.05, 0) is 38.0 Å². The predicted octanol–water partition coefficient (Wildman–Crippen LogP) is 4.45. The molecule has 5 nitrogen and oxygen atoms in total. The monoisotopic (exact) mass is 444 g/mol. The van der Waals surface area contributed by atoms with E-state index in [2.05, 4.69) is 23.8 Å². The lowest BCUT2D eigenvalue weighted by Crippen LogP contribution is -2.49. The first-order chi connectivity index (χ1) is 14.5. The minimum atomic E-state index is -0.214. The Morgan fingerprint density at radius 3 is 2.60 bits per heavy atom. The van der Waals surface area contributed by atoms with Crippen LogP contribution in [0, 0.1) is 19.7 Å². The standard InChI is InChI=1S/C22H25FN4OS2/c1-4-16-14(2)30-22-20(16)21(24-15(3)25-22)29-13-19(28)27-11-9-26(10-12-27)18-8-6-5-7-17(18)23/h5-8H,4,9-13H2,1-3H3. The molecule has 30 heavy (non-hydrogen) atoms. The van der Waals surface area contributed by atoms with Crippen molar-refractivity contribution in [2.75, 3.05) is 36.8 Å². The largest absolute Gasteiger partial charge is 0.366 e. The molecule has 0 saturated carbocycles. The maximum atomic E-state index is 14.0. The van der Waals surface area contributed by atoms with Crippen molar-refractivity contribution in [2.45, 2.75) is 32.2 Å². The molecular weight excluding hydrogens is 419 g/mol. The Balaban J connectivity index is 1.42. The second-order valence-electron chi connectivity index (χ2n) is 7.35. The number of aryl methyl sites for hydroxylation is 3. The lowest BCUT2D eigenvalue weighted by Gasteiger charge is -2.36. The summed E-state index contributed by atoms with van der Waals surface area (Å²) in [6.07, 6.45) is 0.928. The van der Waals surface area contributed by atoms with Crippen LogP contribution in [0.2, 0.25) is 0 Å². The molecule has 3 heterocycles. The van der Waals surface area contributed by atoms with Gasteiger partial charge < -0.3 is 9.80 Å². The quantitative estimate of drug-likeness (QED) is 0.430. The van der Waals surface area contributed by atoms with Gasteiger partial charge in [-0.2, -0.15) is 0 Å². The number of piperazine rings is 1. The van der Waals surface area contributed by atoms with E-state index in [0.717, 1.165) is 27.5 Å². The van der Waals surface area contributed by atoms with Crippen LogP contribution in [-0.4, -0.2) is 52.7 Å². The van der Waals surface area contributed by atoms with Gasteiger partial charge in [-0.15, -0.1) is 11.3 Å². The van der Waals surface area contributed by atoms with E-state index in [1.165, 1.54) is 28.3 Å². The fourth-order valence-corrected chi connectivity index (χ4v) is 6.12. The zero-order valence-electron chi connectivity index (χ0n) is 17.4. The first-order valence-electron chi connectivity index (χ1n) is 10.1. The highest BCUT2D eigenvalue weighted by atomic mass is 32.2. The van der Waals surface area contributed by atoms with Gasteiger partial charge in [0.1, 0.15) is 21.5 Å². The molecule has 4 rings (SSSR count). The number of hydrogen-bond donors (Lipinski definition) is 0. The van der Waals surface area contributed by atoms with Crippen LogP contribution in [-0.2, 0) is 11.2 Å². The Labute approximate surface area is 184 Å². The van der Waals surface area contributed by atoms with Gasteiger partial charge in [-0.3, -0.25) is 4.79 Å². The highest BCUT2D eigenvalue weighted by Crippen LogP contribution is 2.36. The van der Waals surface area contributed by atoms with Crippen LogP contribution in [0.1, 0.15) is 23.2 Å². The summed E-state index contributed by atoms with van der Waals surface area (Å²) in [7, 11) is 0. The van der Waals surface area contributed by atoms with Gasteiger partial charge in [0.25, 0.3) is 0 Å². The maximum Gasteiger partial charge on any atom is 0.233 e. The number of thioether (sulfide) groups is 1. The lowest BCUT2D eigenvalue weighted by atomic mass is 10.1. The number of carbonyl (C=O) groups excluding carboxylic acids is 1. The van der Waals surface area contributed by atoms with Crippen LogP contribution in [0.5, 0.6) is 0 Å². The zero-order valence-corrected chi connectivity index (χ0v) is 19.1. The number of halogens is 1. The van der Waals surface area contributed by atoms with Crippen LogP contribution < -0.4 is 4.90 Å². The molecule has 158 valence electrons. The third-order valence-electron chi connectivity index (χ3n) is 5.44. The third kappa shape index (κ3) is 4.16. The van der Waals surface area contributed by atoms with Crippen molar-refractivity contribution in [3.63, 3.8) is 0 Å². The number of benzene rings is 1. The summed E-state index contributed by atoms with van der Waals surface area (Å²) in [6, 6.07) is 6.80. The molecule has 1 aliphatic rings. The summed E-state index contributed by atoms with van der Waals surface area (Å²) in [6.45, 7) is 8.63. The minimum absolute atomic E-state index is 0.0996. The highest BCUT2D eigenvalue weighted by Gasteiger charge is 2.23. The van der Waals surface area contributed by atoms with Gasteiger partial charge in [-0.1, -0.05) is 30.8 Å². The van der Waals surface area contributed by atoms with Crippen molar-refractivity contribution in [1.82, 2.24) is 14.9 Å². The number of thiophene rings is 1. The summed E-state index contributed by atoms with van der Waals surface area (Å²) >= 11 is 3.20. The molecule has 8 heteroatoms. The molecule has 1 aromatic carbocycles. The average molecular weight is 445 g/mol. The summed E-state index contributed by atoms with van der Waals surface area (Å²) in [4.78, 5) is 28.2. The van der Waals surface area contributed by atoms with Crippen LogP contribution in [0.15, 0.2) is 29.3 Å². The second-order valence-corrected chi connectivity index (χ2v) is 9.52. The number of fused-ring (bicyclic) bond motifs is 1. The lowest BCUT2D eigenvalue weighted by molar-refractivity contribution is -0.128. The summed E-state index contributed by atoms with van der Waals surface area (Å²) < 4.78 is 14.0. The molecule has 3 aromatic rings. The number of aromatic nitrogens is 2. The van der Waals surface area contributed by atoms with Gasteiger partial charge in [0.2, 0.25) is 5.91 Å². The van der Waals surface area contributed by atoms with E-state index in [0.29, 0.717) is 37.6 Å². The van der Waals surface area contributed by atoms with Crippen LogP contribution in [0.4, 0.5) is 10.1 Å². The molecule has 0 atom stereocenters. The zero-order chi connectivity index (χ0) is 21.3. The van der Waals surface area contributed by atoms with E-state index < -0.39 is 0 Å². The van der Waals surface area contributed by atoms with E-state index in [9.17, 15) is 9.18 Å². The molecule has 0 unspecified atom stereocenters. The van der Waals surface area contributed by atoms with E-state index in [1.54, 1.807) is 23.5 Å². The van der Waals surface area contributed by atoms with Gasteiger partial charge >= 0.3 is 0 Å². The molecule has 1 saturated heterocycles. The van der Waals surface area contributed by atoms with Crippen molar-refractivity contribution < 1.29 is 9.18 Å². The van der Waals surface area contributed by atoms with E-state index in [-0.39, 0.29) is 11.7 Å². The Morgan fingerprint density at radius 2 is 1.90 bits per heavy atom. The molecular formula is C22H25FN4OS2. The number of nitrogens with zero attached hydrogens (tertiary/aromatic N) is 4. The van der Waals surface area contributed by atoms with Gasteiger partial charge in [-0.25, -0.2) is 14.4 Å². The van der Waals surface area contributed by atoms with Gasteiger partial charge in [0.15, 0.2) is 0 Å². The minimum Gasteiger partial charge on any atom is -0.366 e. The summed E-state index contributed by atoms with van der Waals surface area (Å²) in [5, 5.41) is 2.00. The topological polar surface area (TPSA) is 49.3 Å². The number of hydrogen-bond acceptors (Lipinski definition) is 6. The molecule has 0 radical (unpaired) electrons. The Kier molecular flexibility index (Phi) is 6.24. The van der Waals surface area contributed by atoms with E-state index in [1.807, 2.05) is 22.8 Å². The number of para-hydroxylation sites is 1. The molecule has 1 aliphatic heterocycles. The molecule has 0 spiro atoms. The predicted molar refractivity (Wildman–Crippen MR) is 122 cm³/mol. The van der Waals surface area contributed by atoms with Crippen molar-refractivity contribution in [3.8, 4) is 0 Å². The van der Waals surface area contributed by atoms with Crippen LogP contribution >= 0.6 is 23.1 Å². The van der Waals surface area contributed by atoms with Crippen LogP contribution in [0.3, 0.4) is 0 Å². The SMILES string of the molecule is CCc1c(C)sc2nc(C)nc(SCC(=O)N3CCN(c4ccccc4F)CC3)c12. The van der Waals surface area contributed by atoms with Crippen molar-refractivity contribution in [2.24, 2.45) is 0 Å². The first kappa shape index (κ1) is 21.1. The smallest absolute Gasteiger partial charge is 0.233 e. The third-order valence-corrected chi connectivity index (χ3v) is 7.44. The molecule has 0 aliphatic carbocycles. The van der Waals surface area contributed by atoms with Crippen molar-refractivity contribution >= 4 is 44.9 Å². The molecule has 2 aromatic heterocycles. The van der Waals surface area contributed by atoms with Crippen molar-refractivity contribution in [3.05, 3.63) is 46.3 Å². The first-order valence-corrected chi connectivity index (χ1v) is 11.9. The molecule has 0 bridgehead atoms. The number of anilines is 1. The molecule has 1 fully saturated rings. The average Bonchev–Trinajstić information content (AvgIpc) is 3.07. The summed E-state index contributed by atoms with van der Waals surface area (Å²) in [5.41, 5.74) is 1.89. The van der Waals surface area contributed by atoms with Crippen molar-refractivity contribution in [1.29, 1.82) is 0 Å². The number of carbonyl (C=O) groups is 1. The normalized spacial score (nSPS) is 14.5.